The molecular weight excluding hydrogens is 392 g/mol. The molecule has 0 unspecified atom stereocenters. The van der Waals surface area contributed by atoms with Gasteiger partial charge in [0.1, 0.15) is 11.5 Å². The number of ether oxygens (including phenoxy) is 2. The minimum atomic E-state index is -3.64. The Hall–Kier alpha value is -2.58. The minimum Gasteiger partial charge on any atom is -0.495 e. The number of sulfonamides is 1. The molecule has 0 atom stereocenters. The minimum absolute atomic E-state index is 0.105. The second kappa shape index (κ2) is 10.3. The zero-order valence-corrected chi connectivity index (χ0v) is 18.1. The number of hydrogen-bond acceptors (Lipinski definition) is 5. The van der Waals surface area contributed by atoms with Crippen molar-refractivity contribution < 1.29 is 22.7 Å². The van der Waals surface area contributed by atoms with Crippen LogP contribution in [0.3, 0.4) is 0 Å². The average molecular weight is 421 g/mol. The first-order valence-corrected chi connectivity index (χ1v) is 10.9. The van der Waals surface area contributed by atoms with E-state index in [0.717, 1.165) is 5.56 Å². The summed E-state index contributed by atoms with van der Waals surface area (Å²) in [6.45, 7) is 6.47. The number of aryl methyl sites for hydroxylation is 1. The van der Waals surface area contributed by atoms with Crippen LogP contribution in [0.25, 0.3) is 0 Å². The third kappa shape index (κ3) is 5.95. The van der Waals surface area contributed by atoms with Crippen molar-refractivity contribution in [1.82, 2.24) is 4.31 Å². The summed E-state index contributed by atoms with van der Waals surface area (Å²) >= 11 is 0. The Labute approximate surface area is 172 Å². The first kappa shape index (κ1) is 22.7. The number of carbonyl (C=O) groups is 1. The summed E-state index contributed by atoms with van der Waals surface area (Å²) in [4.78, 5) is 12.4. The number of methoxy groups -OCH3 is 1. The van der Waals surface area contributed by atoms with Gasteiger partial charge in [0.25, 0.3) is 0 Å². The van der Waals surface area contributed by atoms with Crippen molar-refractivity contribution in [1.29, 1.82) is 0 Å². The predicted molar refractivity (Wildman–Crippen MR) is 113 cm³/mol. The van der Waals surface area contributed by atoms with Crippen LogP contribution in [0.4, 0.5) is 5.69 Å². The Morgan fingerprint density at radius 2 is 1.72 bits per heavy atom. The van der Waals surface area contributed by atoms with Crippen molar-refractivity contribution in [3.05, 3.63) is 48.0 Å². The van der Waals surface area contributed by atoms with Gasteiger partial charge in [-0.15, -0.1) is 0 Å². The summed E-state index contributed by atoms with van der Waals surface area (Å²) in [6, 6.07) is 12.0. The quantitative estimate of drug-likeness (QED) is 0.636. The molecule has 0 heterocycles. The maximum absolute atomic E-state index is 12.7. The highest BCUT2D eigenvalue weighted by molar-refractivity contribution is 7.89. The van der Waals surface area contributed by atoms with Gasteiger partial charge >= 0.3 is 0 Å². The fourth-order valence-corrected chi connectivity index (χ4v) is 4.25. The van der Waals surface area contributed by atoms with Gasteiger partial charge in [0.15, 0.2) is 0 Å². The normalized spacial score (nSPS) is 11.3. The molecule has 2 aromatic carbocycles. The predicted octanol–water partition coefficient (Wildman–Crippen LogP) is 3.44. The number of benzene rings is 2. The molecule has 0 bridgehead atoms. The second-order valence-corrected chi connectivity index (χ2v) is 8.35. The highest BCUT2D eigenvalue weighted by Crippen LogP contribution is 2.29. The number of carbonyl (C=O) groups excluding carboxylic acids is 1. The number of nitrogens with zero attached hydrogens (tertiary/aromatic N) is 1. The summed E-state index contributed by atoms with van der Waals surface area (Å²) in [5, 5.41) is 2.72. The SMILES string of the molecule is CCN(CC)S(=O)(=O)c1ccc(OC)c(NC(=O)CCOc2ccc(C)cc2)c1. The maximum Gasteiger partial charge on any atom is 0.243 e. The molecule has 0 aromatic heterocycles. The second-order valence-electron chi connectivity index (χ2n) is 6.41. The van der Waals surface area contributed by atoms with Gasteiger partial charge in [-0.05, 0) is 37.3 Å². The van der Waals surface area contributed by atoms with Crippen LogP contribution in [0.5, 0.6) is 11.5 Å². The van der Waals surface area contributed by atoms with E-state index in [9.17, 15) is 13.2 Å². The monoisotopic (exact) mass is 420 g/mol. The Balaban J connectivity index is 2.08. The average Bonchev–Trinajstić information content (AvgIpc) is 2.70. The van der Waals surface area contributed by atoms with E-state index in [2.05, 4.69) is 5.32 Å². The third-order valence-electron chi connectivity index (χ3n) is 4.41. The molecule has 2 aromatic rings. The first-order chi connectivity index (χ1) is 13.8. The molecule has 0 fully saturated rings. The van der Waals surface area contributed by atoms with Crippen molar-refractivity contribution >= 4 is 21.6 Å². The Morgan fingerprint density at radius 3 is 2.31 bits per heavy atom. The molecule has 0 aliphatic rings. The van der Waals surface area contributed by atoms with E-state index in [1.807, 2.05) is 31.2 Å². The van der Waals surface area contributed by atoms with Crippen LogP contribution in [0, 0.1) is 6.92 Å². The van der Waals surface area contributed by atoms with Crippen molar-refractivity contribution in [3.8, 4) is 11.5 Å². The zero-order chi connectivity index (χ0) is 21.4. The smallest absolute Gasteiger partial charge is 0.243 e. The molecule has 1 N–H and O–H groups in total. The number of nitrogens with one attached hydrogen (secondary N) is 1. The van der Waals surface area contributed by atoms with Gasteiger partial charge in [-0.3, -0.25) is 4.79 Å². The van der Waals surface area contributed by atoms with Crippen LogP contribution < -0.4 is 14.8 Å². The van der Waals surface area contributed by atoms with E-state index in [0.29, 0.717) is 30.3 Å². The molecule has 0 saturated heterocycles. The van der Waals surface area contributed by atoms with Crippen LogP contribution in [0.2, 0.25) is 0 Å². The van der Waals surface area contributed by atoms with Crippen LogP contribution in [-0.2, 0) is 14.8 Å². The third-order valence-corrected chi connectivity index (χ3v) is 6.45. The number of amides is 1. The molecule has 8 heteroatoms. The van der Waals surface area contributed by atoms with E-state index in [1.54, 1.807) is 13.8 Å². The molecule has 7 nitrogen and oxygen atoms in total. The summed E-state index contributed by atoms with van der Waals surface area (Å²) in [5.41, 5.74) is 1.43. The Bertz CT molecular complexity index is 923. The van der Waals surface area contributed by atoms with Gasteiger partial charge in [-0.25, -0.2) is 8.42 Å². The molecule has 29 heavy (non-hydrogen) atoms. The van der Waals surface area contributed by atoms with E-state index < -0.39 is 10.0 Å². The molecular formula is C21H28N2O5S. The largest absolute Gasteiger partial charge is 0.495 e. The molecule has 0 aliphatic carbocycles. The van der Waals surface area contributed by atoms with E-state index in [4.69, 9.17) is 9.47 Å². The topological polar surface area (TPSA) is 84.9 Å². The molecule has 158 valence electrons. The maximum atomic E-state index is 12.7. The van der Waals surface area contributed by atoms with Crippen molar-refractivity contribution in [3.63, 3.8) is 0 Å². The lowest BCUT2D eigenvalue weighted by Crippen LogP contribution is -2.30. The van der Waals surface area contributed by atoms with Gasteiger partial charge in [-0.1, -0.05) is 31.5 Å². The zero-order valence-electron chi connectivity index (χ0n) is 17.3. The van der Waals surface area contributed by atoms with Crippen molar-refractivity contribution in [2.45, 2.75) is 32.1 Å². The number of hydrogen-bond donors (Lipinski definition) is 1. The van der Waals surface area contributed by atoms with Gasteiger partial charge in [0, 0.05) is 13.1 Å². The van der Waals surface area contributed by atoms with Crippen molar-refractivity contribution in [2.75, 3.05) is 32.1 Å². The molecule has 0 saturated carbocycles. The molecule has 1 amide bonds. The summed E-state index contributed by atoms with van der Waals surface area (Å²) in [5.74, 6) is 0.775. The van der Waals surface area contributed by atoms with Gasteiger partial charge in [0.2, 0.25) is 15.9 Å². The lowest BCUT2D eigenvalue weighted by Gasteiger charge is -2.19. The molecule has 0 aliphatic heterocycles. The van der Waals surface area contributed by atoms with Gasteiger partial charge < -0.3 is 14.8 Å². The van der Waals surface area contributed by atoms with Gasteiger partial charge in [0.05, 0.1) is 30.7 Å². The van der Waals surface area contributed by atoms with Crippen molar-refractivity contribution in [2.24, 2.45) is 0 Å². The molecule has 0 radical (unpaired) electrons. The fraction of sp³-hybridized carbons (Fsp3) is 0.381. The summed E-state index contributed by atoms with van der Waals surface area (Å²) in [6.07, 6.45) is 0.115. The lowest BCUT2D eigenvalue weighted by atomic mass is 10.2. The van der Waals surface area contributed by atoms with Crippen LogP contribution in [-0.4, -0.2) is 45.4 Å². The number of rotatable bonds is 10. The van der Waals surface area contributed by atoms with Gasteiger partial charge in [-0.2, -0.15) is 4.31 Å². The van der Waals surface area contributed by atoms with Crippen LogP contribution in [0.1, 0.15) is 25.8 Å². The van der Waals surface area contributed by atoms with E-state index in [-0.39, 0.29) is 23.8 Å². The molecule has 0 spiro atoms. The molecule has 2 rings (SSSR count). The number of anilines is 1. The Morgan fingerprint density at radius 1 is 1.07 bits per heavy atom. The highest BCUT2D eigenvalue weighted by Gasteiger charge is 2.23. The standard InChI is InChI=1S/C21H28N2O5S/c1-5-23(6-2)29(25,26)18-11-12-20(27-4)19(15-18)22-21(24)13-14-28-17-9-7-16(3)8-10-17/h7-12,15H,5-6,13-14H2,1-4H3,(H,22,24). The van der Waals surface area contributed by atoms with Crippen LogP contribution >= 0.6 is 0 Å². The summed E-state index contributed by atoms with van der Waals surface area (Å²) in [7, 11) is -2.18. The van der Waals surface area contributed by atoms with Crippen LogP contribution in [0.15, 0.2) is 47.4 Å². The summed E-state index contributed by atoms with van der Waals surface area (Å²) < 4.78 is 37.7. The fourth-order valence-electron chi connectivity index (χ4n) is 2.77. The lowest BCUT2D eigenvalue weighted by molar-refractivity contribution is -0.116. The Kier molecular flexibility index (Phi) is 8.04. The van der Waals surface area contributed by atoms with E-state index in [1.165, 1.54) is 29.6 Å². The highest BCUT2D eigenvalue weighted by atomic mass is 32.2. The van der Waals surface area contributed by atoms with E-state index >= 15 is 0 Å². The first-order valence-electron chi connectivity index (χ1n) is 9.49.